The van der Waals surface area contributed by atoms with E-state index in [-0.39, 0.29) is 22.3 Å². The van der Waals surface area contributed by atoms with Crippen LogP contribution in [-0.2, 0) is 17.5 Å². The lowest BCUT2D eigenvalue weighted by atomic mass is 10.0. The van der Waals surface area contributed by atoms with Crippen LogP contribution in [0, 0.1) is 5.82 Å². The van der Waals surface area contributed by atoms with Gasteiger partial charge >= 0.3 is 6.18 Å². The molecule has 1 saturated heterocycles. The molecule has 10 heteroatoms. The second-order valence-corrected chi connectivity index (χ2v) is 8.05. The number of hydrogen-bond donors (Lipinski definition) is 1. The molecule has 1 amide bonds. The molecule has 0 radical (unpaired) electrons. The molecule has 2 aromatic rings. The highest BCUT2D eigenvalue weighted by Crippen LogP contribution is 2.42. The van der Waals surface area contributed by atoms with E-state index in [1.165, 1.54) is 18.3 Å². The lowest BCUT2D eigenvalue weighted by Crippen LogP contribution is -2.25. The number of aromatic nitrogens is 1. The molecule has 0 bridgehead atoms. The molecule has 1 N–H and O–H groups in total. The average molecular weight is 431 g/mol. The number of hydrogen-bond acceptors (Lipinski definition) is 5. The Kier molecular flexibility index (Phi) is 6.13. The molecule has 158 valence electrons. The van der Waals surface area contributed by atoms with Crippen LogP contribution < -0.4 is 10.1 Å². The molecule has 1 aliphatic heterocycles. The first-order valence-corrected chi connectivity index (χ1v) is 9.88. The van der Waals surface area contributed by atoms with Gasteiger partial charge in [-0.1, -0.05) is 11.3 Å². The van der Waals surface area contributed by atoms with Crippen molar-refractivity contribution in [3.63, 3.8) is 0 Å². The summed E-state index contributed by atoms with van der Waals surface area (Å²) in [5.74, 6) is -2.32. The minimum absolute atomic E-state index is 0.00896. The van der Waals surface area contributed by atoms with Crippen molar-refractivity contribution in [1.82, 2.24) is 9.88 Å². The van der Waals surface area contributed by atoms with E-state index in [1.54, 1.807) is 0 Å². The highest BCUT2D eigenvalue weighted by molar-refractivity contribution is 7.16. The molecule has 3 rings (SSSR count). The highest BCUT2D eigenvalue weighted by Gasteiger charge is 2.37. The van der Waals surface area contributed by atoms with Crippen molar-refractivity contribution < 1.29 is 27.1 Å². The Morgan fingerprint density at radius 2 is 2.14 bits per heavy atom. The predicted molar refractivity (Wildman–Crippen MR) is 102 cm³/mol. The molecule has 0 saturated carbocycles. The van der Waals surface area contributed by atoms with E-state index in [2.05, 4.69) is 26.9 Å². The van der Waals surface area contributed by atoms with E-state index in [4.69, 9.17) is 0 Å². The van der Waals surface area contributed by atoms with Gasteiger partial charge in [0.2, 0.25) is 5.91 Å². The molecule has 1 aliphatic rings. The van der Waals surface area contributed by atoms with Gasteiger partial charge in [0.25, 0.3) is 0 Å². The number of methoxy groups -OCH3 is 1. The highest BCUT2D eigenvalue weighted by atomic mass is 32.1. The van der Waals surface area contributed by atoms with Crippen molar-refractivity contribution in [2.75, 3.05) is 19.0 Å². The van der Waals surface area contributed by atoms with E-state index >= 15 is 0 Å². The molecular formula is C19H21F4N3O2S. The van der Waals surface area contributed by atoms with Gasteiger partial charge < -0.3 is 10.1 Å². The third kappa shape index (κ3) is 4.69. The number of thiazole rings is 1. The second-order valence-electron chi connectivity index (χ2n) is 6.97. The normalized spacial score (nSPS) is 17.6. The third-order valence-electron chi connectivity index (χ3n) is 4.84. The maximum atomic E-state index is 14.4. The average Bonchev–Trinajstić information content (AvgIpc) is 3.19. The van der Waals surface area contributed by atoms with Crippen LogP contribution in [0.2, 0.25) is 0 Å². The molecular weight excluding hydrogens is 410 g/mol. The summed E-state index contributed by atoms with van der Waals surface area (Å²) in [6, 6.07) is 2.15. The Balaban J connectivity index is 2.10. The molecule has 1 atom stereocenters. The fourth-order valence-electron chi connectivity index (χ4n) is 3.45. The van der Waals surface area contributed by atoms with E-state index in [0.717, 1.165) is 38.6 Å². The number of anilines is 1. The van der Waals surface area contributed by atoms with E-state index < -0.39 is 23.3 Å². The molecule has 5 nitrogen and oxygen atoms in total. The summed E-state index contributed by atoms with van der Waals surface area (Å²) in [5, 5.41) is 2.83. The van der Waals surface area contributed by atoms with Crippen LogP contribution in [-0.4, -0.2) is 35.5 Å². The maximum Gasteiger partial charge on any atom is 0.420 e. The molecule has 1 fully saturated rings. The van der Waals surface area contributed by atoms with E-state index in [0.29, 0.717) is 17.5 Å². The smallest absolute Gasteiger partial charge is 0.420 e. The van der Waals surface area contributed by atoms with Crippen molar-refractivity contribution >= 4 is 22.4 Å². The summed E-state index contributed by atoms with van der Waals surface area (Å²) in [7, 11) is 0.991. The molecule has 2 heterocycles. The molecule has 0 unspecified atom stereocenters. The fourth-order valence-corrected chi connectivity index (χ4v) is 4.50. The largest absolute Gasteiger partial charge is 0.493 e. The summed E-state index contributed by atoms with van der Waals surface area (Å²) >= 11 is 1.18. The van der Waals surface area contributed by atoms with Crippen molar-refractivity contribution in [3.8, 4) is 17.0 Å². The molecule has 0 spiro atoms. The Morgan fingerprint density at radius 3 is 2.69 bits per heavy atom. The van der Waals surface area contributed by atoms with Gasteiger partial charge in [0.15, 0.2) is 16.7 Å². The number of alkyl halides is 3. The molecule has 29 heavy (non-hydrogen) atoms. The summed E-state index contributed by atoms with van der Waals surface area (Å²) in [5.41, 5.74) is -0.986. The van der Waals surface area contributed by atoms with Gasteiger partial charge in [-0.2, -0.15) is 13.2 Å². The number of nitrogens with one attached hydrogen (secondary N) is 1. The number of nitrogens with zero attached hydrogens (tertiary/aromatic N) is 2. The SMILES string of the molecule is COc1c(F)cc(-c2nc(NC(C)=O)sc2CN2CCC[C@H]2C)cc1C(F)(F)F. The quantitative estimate of drug-likeness (QED) is 0.683. The Labute approximate surface area is 169 Å². The first-order chi connectivity index (χ1) is 13.6. The van der Waals surface area contributed by atoms with Gasteiger partial charge in [-0.3, -0.25) is 9.69 Å². The zero-order chi connectivity index (χ0) is 21.3. The van der Waals surface area contributed by atoms with Gasteiger partial charge in [0.05, 0.1) is 12.8 Å². The van der Waals surface area contributed by atoms with Crippen molar-refractivity contribution in [2.24, 2.45) is 0 Å². The number of rotatable bonds is 5. The third-order valence-corrected chi connectivity index (χ3v) is 5.80. The van der Waals surface area contributed by atoms with Crippen molar-refractivity contribution in [1.29, 1.82) is 0 Å². The number of halogens is 4. The maximum absolute atomic E-state index is 14.4. The lowest BCUT2D eigenvalue weighted by Gasteiger charge is -2.20. The molecule has 1 aromatic heterocycles. The molecule has 1 aromatic carbocycles. The minimum atomic E-state index is -4.79. The van der Waals surface area contributed by atoms with Crippen LogP contribution in [0.15, 0.2) is 12.1 Å². The zero-order valence-electron chi connectivity index (χ0n) is 16.2. The first kappa shape index (κ1) is 21.5. The number of carbonyl (C=O) groups is 1. The Hall–Kier alpha value is -2.20. The van der Waals surface area contributed by atoms with E-state index in [9.17, 15) is 22.4 Å². The van der Waals surface area contributed by atoms with Gasteiger partial charge in [0, 0.05) is 30.0 Å². The van der Waals surface area contributed by atoms with Crippen LogP contribution >= 0.6 is 11.3 Å². The van der Waals surface area contributed by atoms with Crippen LogP contribution in [0.3, 0.4) is 0 Å². The summed E-state index contributed by atoms with van der Waals surface area (Å²) < 4.78 is 59.4. The van der Waals surface area contributed by atoms with Crippen molar-refractivity contribution in [3.05, 3.63) is 28.4 Å². The number of ether oxygens (including phenoxy) is 1. The summed E-state index contributed by atoms with van der Waals surface area (Å²) in [6.07, 6.45) is -2.73. The first-order valence-electron chi connectivity index (χ1n) is 9.06. The number of benzene rings is 1. The van der Waals surface area contributed by atoms with Crippen molar-refractivity contribution in [2.45, 2.75) is 45.5 Å². The van der Waals surface area contributed by atoms with Gasteiger partial charge in [-0.05, 0) is 38.4 Å². The number of likely N-dealkylation sites (tertiary alicyclic amines) is 1. The lowest BCUT2D eigenvalue weighted by molar-refractivity contribution is -0.139. The minimum Gasteiger partial charge on any atom is -0.493 e. The summed E-state index contributed by atoms with van der Waals surface area (Å²) in [6.45, 7) is 4.72. The van der Waals surface area contributed by atoms with E-state index in [1.807, 2.05) is 0 Å². The van der Waals surface area contributed by atoms with Crippen LogP contribution in [0.25, 0.3) is 11.3 Å². The zero-order valence-corrected chi connectivity index (χ0v) is 17.0. The Morgan fingerprint density at radius 1 is 1.41 bits per heavy atom. The van der Waals surface area contributed by atoms with Gasteiger partial charge in [-0.15, -0.1) is 0 Å². The summed E-state index contributed by atoms with van der Waals surface area (Å²) in [4.78, 5) is 18.6. The number of amides is 1. The van der Waals surface area contributed by atoms with Gasteiger partial charge in [-0.25, -0.2) is 9.37 Å². The predicted octanol–water partition coefficient (Wildman–Crippen LogP) is 4.92. The fraction of sp³-hybridized carbons (Fsp3) is 0.474. The number of carbonyl (C=O) groups excluding carboxylic acids is 1. The van der Waals surface area contributed by atoms with Crippen LogP contribution in [0.1, 0.15) is 37.1 Å². The van der Waals surface area contributed by atoms with Gasteiger partial charge in [0.1, 0.15) is 5.56 Å². The molecule has 0 aliphatic carbocycles. The topological polar surface area (TPSA) is 54.5 Å². The van der Waals surface area contributed by atoms with Crippen LogP contribution in [0.4, 0.5) is 22.7 Å². The standard InChI is InChI=1S/C19H21F4N3O2S/c1-10-5-4-6-26(10)9-15-16(25-18(29-15)24-11(2)27)12-7-13(19(21,22)23)17(28-3)14(20)8-12/h7-8,10H,4-6,9H2,1-3H3,(H,24,25,27)/t10-/m1/s1. The second kappa shape index (κ2) is 8.27. The monoisotopic (exact) mass is 431 g/mol. The van der Waals surface area contributed by atoms with Crippen LogP contribution in [0.5, 0.6) is 5.75 Å². The Bertz CT molecular complexity index is 914.